The Kier molecular flexibility index (Phi) is 7.05. The van der Waals surface area contributed by atoms with Crippen LogP contribution in [0.1, 0.15) is 5.56 Å². The monoisotopic (exact) mass is 451 g/mol. The zero-order valence-corrected chi connectivity index (χ0v) is 16.9. The Labute approximate surface area is 170 Å². The highest BCUT2D eigenvalue weighted by atomic mass is 35.5. The molecule has 0 fully saturated rings. The minimum absolute atomic E-state index is 0.0164. The second-order valence-corrected chi connectivity index (χ2v) is 8.45. The first-order valence-electron chi connectivity index (χ1n) is 7.28. The molecule has 0 aliphatic carbocycles. The van der Waals surface area contributed by atoms with Crippen molar-refractivity contribution in [2.24, 2.45) is 5.10 Å². The predicted molar refractivity (Wildman–Crippen MR) is 106 cm³/mol. The lowest BCUT2D eigenvalue weighted by molar-refractivity contribution is -0.119. The minimum Gasteiger partial charge on any atom is -0.271 e. The van der Waals surface area contributed by atoms with Gasteiger partial charge in [-0.1, -0.05) is 40.9 Å². The fourth-order valence-corrected chi connectivity index (χ4v) is 3.53. The van der Waals surface area contributed by atoms with Crippen LogP contribution >= 0.6 is 34.8 Å². The number of carbonyl (C=O) groups is 1. The summed E-state index contributed by atoms with van der Waals surface area (Å²) in [5.41, 5.74) is 2.14. The van der Waals surface area contributed by atoms with E-state index in [1.165, 1.54) is 36.4 Å². The summed E-state index contributed by atoms with van der Waals surface area (Å²) < 4.78 is 38.5. The van der Waals surface area contributed by atoms with Crippen molar-refractivity contribution in [3.05, 3.63) is 62.8 Å². The summed E-state index contributed by atoms with van der Waals surface area (Å²) in [5.74, 6) is -1.40. The summed E-state index contributed by atoms with van der Waals surface area (Å²) >= 11 is 17.7. The molecule has 0 aromatic heterocycles. The molecule has 0 heterocycles. The topological polar surface area (TPSA) is 78.8 Å². The van der Waals surface area contributed by atoms with E-state index in [0.29, 0.717) is 0 Å². The highest BCUT2D eigenvalue weighted by molar-refractivity contribution is 7.92. The van der Waals surface area contributed by atoms with Crippen molar-refractivity contribution in [1.29, 1.82) is 0 Å². The average molecular weight is 453 g/mol. The summed E-state index contributed by atoms with van der Waals surface area (Å²) in [7, 11) is -3.85. The van der Waals surface area contributed by atoms with E-state index in [0.717, 1.165) is 16.8 Å². The Balaban J connectivity index is 2.18. The minimum atomic E-state index is -3.85. The van der Waals surface area contributed by atoms with Gasteiger partial charge in [-0.05, 0) is 30.3 Å². The van der Waals surface area contributed by atoms with Gasteiger partial charge in [0.15, 0.2) is 0 Å². The van der Waals surface area contributed by atoms with E-state index in [1.807, 2.05) is 0 Å². The normalized spacial score (nSPS) is 11.6. The van der Waals surface area contributed by atoms with E-state index in [-0.39, 0.29) is 26.3 Å². The third-order valence-electron chi connectivity index (χ3n) is 3.25. The van der Waals surface area contributed by atoms with Gasteiger partial charge in [0, 0.05) is 10.6 Å². The number of anilines is 1. The second-order valence-electron chi connectivity index (χ2n) is 5.29. The Morgan fingerprint density at radius 2 is 1.93 bits per heavy atom. The maximum absolute atomic E-state index is 13.6. The van der Waals surface area contributed by atoms with E-state index < -0.39 is 28.3 Å². The summed E-state index contributed by atoms with van der Waals surface area (Å²) in [6, 6.07) is 8.28. The molecule has 11 heteroatoms. The highest BCUT2D eigenvalue weighted by Gasteiger charge is 2.23. The molecule has 0 radical (unpaired) electrons. The Morgan fingerprint density at radius 3 is 2.56 bits per heavy atom. The van der Waals surface area contributed by atoms with Gasteiger partial charge in [-0.2, -0.15) is 5.10 Å². The highest BCUT2D eigenvalue weighted by Crippen LogP contribution is 2.30. The lowest BCUT2D eigenvalue weighted by atomic mass is 10.2. The van der Waals surface area contributed by atoms with E-state index in [4.69, 9.17) is 34.8 Å². The SMILES string of the molecule is CS(=O)(=O)N(CC(=O)N/N=C\c1c(F)cccc1Cl)c1cc(Cl)ccc1Cl. The van der Waals surface area contributed by atoms with Crippen LogP contribution in [0.4, 0.5) is 10.1 Å². The van der Waals surface area contributed by atoms with Gasteiger partial charge < -0.3 is 0 Å². The molecule has 27 heavy (non-hydrogen) atoms. The van der Waals surface area contributed by atoms with Crippen LogP contribution in [0.5, 0.6) is 0 Å². The molecule has 2 aromatic carbocycles. The summed E-state index contributed by atoms with van der Waals surface area (Å²) in [5, 5.41) is 4.05. The molecular weight excluding hydrogens is 440 g/mol. The molecular formula is C16H13Cl3FN3O3S. The Hall–Kier alpha value is -1.87. The molecule has 1 amide bonds. The summed E-state index contributed by atoms with van der Waals surface area (Å²) in [6.07, 6.45) is 1.94. The number of amides is 1. The molecule has 2 aromatic rings. The van der Waals surface area contributed by atoms with Crippen molar-refractivity contribution in [2.75, 3.05) is 17.1 Å². The molecule has 0 atom stereocenters. The summed E-state index contributed by atoms with van der Waals surface area (Å²) in [4.78, 5) is 12.1. The molecule has 0 saturated carbocycles. The first-order chi connectivity index (χ1) is 12.6. The molecule has 0 aliphatic heterocycles. The van der Waals surface area contributed by atoms with Crippen molar-refractivity contribution < 1.29 is 17.6 Å². The van der Waals surface area contributed by atoms with E-state index in [2.05, 4.69) is 10.5 Å². The number of nitrogens with zero attached hydrogens (tertiary/aromatic N) is 2. The molecule has 2 rings (SSSR count). The number of hydrazone groups is 1. The Morgan fingerprint density at radius 1 is 1.22 bits per heavy atom. The first kappa shape index (κ1) is 21.4. The van der Waals surface area contributed by atoms with Crippen LogP contribution in [0.3, 0.4) is 0 Å². The number of hydrogen-bond donors (Lipinski definition) is 1. The predicted octanol–water partition coefficient (Wildman–Crippen LogP) is 3.70. The van der Waals surface area contributed by atoms with Crippen molar-refractivity contribution in [3.63, 3.8) is 0 Å². The van der Waals surface area contributed by atoms with E-state index in [9.17, 15) is 17.6 Å². The lowest BCUT2D eigenvalue weighted by Gasteiger charge is -2.22. The number of hydrogen-bond acceptors (Lipinski definition) is 4. The molecule has 144 valence electrons. The smallest absolute Gasteiger partial charge is 0.260 e. The van der Waals surface area contributed by atoms with E-state index >= 15 is 0 Å². The zero-order chi connectivity index (χ0) is 20.2. The average Bonchev–Trinajstić information content (AvgIpc) is 2.57. The first-order valence-corrected chi connectivity index (χ1v) is 10.3. The van der Waals surface area contributed by atoms with Crippen LogP contribution in [-0.2, 0) is 14.8 Å². The number of halogens is 4. The van der Waals surface area contributed by atoms with Gasteiger partial charge in [0.05, 0.1) is 28.2 Å². The fourth-order valence-electron chi connectivity index (χ4n) is 2.03. The third-order valence-corrected chi connectivity index (χ3v) is 5.26. The van der Waals surface area contributed by atoms with Gasteiger partial charge in [-0.25, -0.2) is 18.2 Å². The standard InChI is InChI=1S/C16H13Cl3FN3O3S/c1-27(25,26)23(15-7-10(17)5-6-13(15)19)9-16(24)22-21-8-11-12(18)3-2-4-14(11)20/h2-8H,9H2,1H3,(H,22,24)/b21-8-. The van der Waals surface area contributed by atoms with Gasteiger partial charge in [0.2, 0.25) is 10.0 Å². The third kappa shape index (κ3) is 5.80. The van der Waals surface area contributed by atoms with Crippen LogP contribution in [0.25, 0.3) is 0 Å². The summed E-state index contributed by atoms with van der Waals surface area (Å²) in [6.45, 7) is -0.610. The van der Waals surface area contributed by atoms with Crippen LogP contribution in [-0.4, -0.2) is 33.3 Å². The van der Waals surface area contributed by atoms with Crippen molar-refractivity contribution >= 4 is 62.6 Å². The molecule has 0 spiro atoms. The van der Waals surface area contributed by atoms with Gasteiger partial charge in [0.1, 0.15) is 12.4 Å². The zero-order valence-electron chi connectivity index (χ0n) is 13.8. The number of carbonyl (C=O) groups excluding carboxylic acids is 1. The largest absolute Gasteiger partial charge is 0.271 e. The van der Waals surface area contributed by atoms with Crippen molar-refractivity contribution in [3.8, 4) is 0 Å². The van der Waals surface area contributed by atoms with Crippen LogP contribution in [0, 0.1) is 5.82 Å². The van der Waals surface area contributed by atoms with Gasteiger partial charge in [-0.15, -0.1) is 0 Å². The van der Waals surface area contributed by atoms with Crippen LogP contribution in [0.2, 0.25) is 15.1 Å². The molecule has 1 N–H and O–H groups in total. The fraction of sp³-hybridized carbons (Fsp3) is 0.125. The lowest BCUT2D eigenvalue weighted by Crippen LogP contribution is -2.39. The van der Waals surface area contributed by atoms with Gasteiger partial charge in [-0.3, -0.25) is 9.10 Å². The van der Waals surface area contributed by atoms with Crippen molar-refractivity contribution in [1.82, 2.24) is 5.43 Å². The maximum atomic E-state index is 13.6. The molecule has 6 nitrogen and oxygen atoms in total. The number of rotatable bonds is 6. The molecule has 0 bridgehead atoms. The van der Waals surface area contributed by atoms with Crippen LogP contribution < -0.4 is 9.73 Å². The quantitative estimate of drug-likeness (QED) is 0.536. The van der Waals surface area contributed by atoms with Gasteiger partial charge >= 0.3 is 0 Å². The maximum Gasteiger partial charge on any atom is 0.260 e. The van der Waals surface area contributed by atoms with E-state index in [1.54, 1.807) is 0 Å². The van der Waals surface area contributed by atoms with Crippen molar-refractivity contribution in [2.45, 2.75) is 0 Å². The molecule has 0 saturated heterocycles. The van der Waals surface area contributed by atoms with Gasteiger partial charge in [0.25, 0.3) is 5.91 Å². The Bertz CT molecular complexity index is 979. The number of sulfonamides is 1. The molecule has 0 unspecified atom stereocenters. The van der Waals surface area contributed by atoms with Crippen LogP contribution in [0.15, 0.2) is 41.5 Å². The second kappa shape index (κ2) is 8.88. The number of benzene rings is 2. The number of nitrogens with one attached hydrogen (secondary N) is 1. The molecule has 0 aliphatic rings.